The molecule has 3 rings (SSSR count). The van der Waals surface area contributed by atoms with Crippen LogP contribution in [0.25, 0.3) is 0 Å². The smallest absolute Gasteiger partial charge is 0.122 e. The lowest BCUT2D eigenvalue weighted by atomic mass is 9.80. The molecule has 1 aromatic rings. The maximum absolute atomic E-state index is 6.20. The Balaban J connectivity index is 1.60. The Labute approximate surface area is 125 Å². The summed E-state index contributed by atoms with van der Waals surface area (Å²) in [5.74, 6) is 0. The third-order valence-corrected chi connectivity index (χ3v) is 5.62. The van der Waals surface area contributed by atoms with Crippen molar-refractivity contribution in [1.29, 1.82) is 0 Å². The largest absolute Gasteiger partial charge is 0.371 e. The van der Waals surface area contributed by atoms with E-state index in [4.69, 9.17) is 10.5 Å². The van der Waals surface area contributed by atoms with E-state index < -0.39 is 0 Å². The van der Waals surface area contributed by atoms with Gasteiger partial charge >= 0.3 is 0 Å². The highest BCUT2D eigenvalue weighted by molar-refractivity contribution is 7.11. The van der Waals surface area contributed by atoms with E-state index in [9.17, 15) is 0 Å². The van der Waals surface area contributed by atoms with Crippen LogP contribution in [0, 0.1) is 5.41 Å². The molecular formula is C15H25N3OS. The van der Waals surface area contributed by atoms with Gasteiger partial charge in [-0.05, 0) is 24.7 Å². The molecule has 112 valence electrons. The number of ether oxygens (including phenoxy) is 1. The molecule has 1 aromatic heterocycles. The molecule has 2 N–H and O–H groups in total. The van der Waals surface area contributed by atoms with Gasteiger partial charge < -0.3 is 10.5 Å². The van der Waals surface area contributed by atoms with E-state index in [1.54, 1.807) is 0 Å². The van der Waals surface area contributed by atoms with Gasteiger partial charge in [-0.2, -0.15) is 0 Å². The SMILES string of the molecule is CC1(C)CN(Cc2cnc(C3CCCO3)s2)CCC1N. The molecule has 0 aliphatic carbocycles. The van der Waals surface area contributed by atoms with Crippen LogP contribution in [0.5, 0.6) is 0 Å². The first-order valence-corrected chi connectivity index (χ1v) is 8.40. The second kappa shape index (κ2) is 5.72. The van der Waals surface area contributed by atoms with Gasteiger partial charge in [-0.25, -0.2) is 4.98 Å². The molecule has 0 bridgehead atoms. The fourth-order valence-corrected chi connectivity index (χ4v) is 4.20. The second-order valence-electron chi connectivity index (χ2n) is 6.76. The minimum absolute atomic E-state index is 0.209. The highest BCUT2D eigenvalue weighted by Crippen LogP contribution is 2.33. The first-order chi connectivity index (χ1) is 9.54. The summed E-state index contributed by atoms with van der Waals surface area (Å²) in [5, 5.41) is 1.16. The molecule has 0 saturated carbocycles. The van der Waals surface area contributed by atoms with Crippen molar-refractivity contribution in [2.45, 2.75) is 51.8 Å². The predicted molar refractivity (Wildman–Crippen MR) is 81.7 cm³/mol. The molecule has 0 amide bonds. The van der Waals surface area contributed by atoms with Crippen LogP contribution in [0.3, 0.4) is 0 Å². The first kappa shape index (κ1) is 14.4. The van der Waals surface area contributed by atoms with Crippen LogP contribution in [0.2, 0.25) is 0 Å². The lowest BCUT2D eigenvalue weighted by Crippen LogP contribution is -2.51. The van der Waals surface area contributed by atoms with E-state index >= 15 is 0 Å². The average Bonchev–Trinajstić information content (AvgIpc) is 3.03. The molecule has 2 atom stereocenters. The van der Waals surface area contributed by atoms with E-state index in [2.05, 4.69) is 23.7 Å². The van der Waals surface area contributed by atoms with Crippen LogP contribution < -0.4 is 5.73 Å². The van der Waals surface area contributed by atoms with E-state index in [0.717, 1.165) is 50.5 Å². The van der Waals surface area contributed by atoms with Gasteiger partial charge in [0.05, 0.1) is 0 Å². The van der Waals surface area contributed by atoms with Crippen LogP contribution in [-0.2, 0) is 11.3 Å². The zero-order valence-corrected chi connectivity index (χ0v) is 13.3. The van der Waals surface area contributed by atoms with E-state index in [1.165, 1.54) is 4.88 Å². The van der Waals surface area contributed by atoms with Crippen molar-refractivity contribution in [3.63, 3.8) is 0 Å². The number of likely N-dealkylation sites (tertiary alicyclic amines) is 1. The number of hydrogen-bond donors (Lipinski definition) is 1. The molecule has 0 aromatic carbocycles. The Hall–Kier alpha value is -0.490. The van der Waals surface area contributed by atoms with Crippen molar-refractivity contribution in [2.24, 2.45) is 11.1 Å². The molecule has 5 heteroatoms. The Morgan fingerprint density at radius 3 is 3.05 bits per heavy atom. The van der Waals surface area contributed by atoms with Crippen LogP contribution in [-0.4, -0.2) is 35.6 Å². The maximum atomic E-state index is 6.20. The Morgan fingerprint density at radius 1 is 1.50 bits per heavy atom. The highest BCUT2D eigenvalue weighted by Gasteiger charge is 2.33. The topological polar surface area (TPSA) is 51.4 Å². The van der Waals surface area contributed by atoms with Gasteiger partial charge in [0.1, 0.15) is 11.1 Å². The zero-order chi connectivity index (χ0) is 14.2. The number of rotatable bonds is 3. The van der Waals surface area contributed by atoms with Gasteiger partial charge in [-0.1, -0.05) is 13.8 Å². The van der Waals surface area contributed by atoms with Crippen LogP contribution in [0.4, 0.5) is 0 Å². The Bertz CT molecular complexity index is 454. The van der Waals surface area contributed by atoms with Crippen molar-refractivity contribution in [3.8, 4) is 0 Å². The van der Waals surface area contributed by atoms with Gasteiger partial charge in [0.2, 0.25) is 0 Å². The quantitative estimate of drug-likeness (QED) is 0.931. The summed E-state index contributed by atoms with van der Waals surface area (Å²) in [4.78, 5) is 8.42. The van der Waals surface area contributed by atoms with Gasteiger partial charge in [0.25, 0.3) is 0 Å². The molecule has 2 aliphatic heterocycles. The van der Waals surface area contributed by atoms with Crippen molar-refractivity contribution in [2.75, 3.05) is 19.7 Å². The average molecular weight is 295 g/mol. The van der Waals surface area contributed by atoms with E-state index in [-0.39, 0.29) is 11.5 Å². The first-order valence-electron chi connectivity index (χ1n) is 7.59. The molecule has 3 heterocycles. The van der Waals surface area contributed by atoms with Gasteiger partial charge in [-0.15, -0.1) is 11.3 Å². The molecule has 2 aliphatic rings. The second-order valence-corrected chi connectivity index (χ2v) is 7.91. The van der Waals surface area contributed by atoms with Crippen LogP contribution >= 0.6 is 11.3 Å². The minimum Gasteiger partial charge on any atom is -0.371 e. The molecule has 0 radical (unpaired) electrons. The van der Waals surface area contributed by atoms with Gasteiger partial charge in [-0.3, -0.25) is 4.90 Å². The third kappa shape index (κ3) is 3.06. The molecule has 2 fully saturated rings. The van der Waals surface area contributed by atoms with Crippen molar-refractivity contribution in [1.82, 2.24) is 9.88 Å². The van der Waals surface area contributed by atoms with Gasteiger partial charge in [0, 0.05) is 43.4 Å². The summed E-state index contributed by atoms with van der Waals surface area (Å²) in [6.45, 7) is 8.60. The molecule has 0 spiro atoms. The minimum atomic E-state index is 0.209. The summed E-state index contributed by atoms with van der Waals surface area (Å²) in [5.41, 5.74) is 6.41. The number of nitrogens with two attached hydrogens (primary N) is 1. The summed E-state index contributed by atoms with van der Waals surface area (Å²) >= 11 is 1.82. The Kier molecular flexibility index (Phi) is 4.13. The van der Waals surface area contributed by atoms with E-state index in [1.807, 2.05) is 17.5 Å². The molecular weight excluding hydrogens is 270 g/mol. The summed E-state index contributed by atoms with van der Waals surface area (Å²) in [7, 11) is 0. The van der Waals surface area contributed by atoms with E-state index in [0.29, 0.717) is 6.04 Å². The lowest BCUT2D eigenvalue weighted by Gasteiger charge is -2.42. The monoisotopic (exact) mass is 295 g/mol. The number of aromatic nitrogens is 1. The summed E-state index contributed by atoms with van der Waals surface area (Å²) < 4.78 is 5.71. The Morgan fingerprint density at radius 2 is 2.35 bits per heavy atom. The van der Waals surface area contributed by atoms with Crippen molar-refractivity contribution >= 4 is 11.3 Å². The standard InChI is InChI=1S/C15H25N3OS/c1-15(2)10-18(6-5-13(15)16)9-11-8-17-14(20-11)12-4-3-7-19-12/h8,12-13H,3-7,9-10,16H2,1-2H3. The normalized spacial score (nSPS) is 30.8. The number of piperidine rings is 1. The maximum Gasteiger partial charge on any atom is 0.122 e. The van der Waals surface area contributed by atoms with Crippen molar-refractivity contribution < 1.29 is 4.74 Å². The fourth-order valence-electron chi connectivity index (χ4n) is 3.16. The van der Waals surface area contributed by atoms with Crippen LogP contribution in [0.15, 0.2) is 6.20 Å². The van der Waals surface area contributed by atoms with Crippen molar-refractivity contribution in [3.05, 3.63) is 16.1 Å². The number of hydrogen-bond acceptors (Lipinski definition) is 5. The molecule has 20 heavy (non-hydrogen) atoms. The van der Waals surface area contributed by atoms with Gasteiger partial charge in [0.15, 0.2) is 0 Å². The van der Waals surface area contributed by atoms with Crippen LogP contribution in [0.1, 0.15) is 49.1 Å². The molecule has 2 saturated heterocycles. The summed E-state index contributed by atoms with van der Waals surface area (Å²) in [6.07, 6.45) is 5.66. The third-order valence-electron chi connectivity index (χ3n) is 4.55. The lowest BCUT2D eigenvalue weighted by molar-refractivity contribution is 0.0906. The summed E-state index contributed by atoms with van der Waals surface area (Å²) in [6, 6.07) is 0.322. The number of nitrogens with zero attached hydrogens (tertiary/aromatic N) is 2. The molecule has 4 nitrogen and oxygen atoms in total. The predicted octanol–water partition coefficient (Wildman–Crippen LogP) is 2.55. The molecule has 2 unspecified atom stereocenters. The highest BCUT2D eigenvalue weighted by atomic mass is 32.1. The fraction of sp³-hybridized carbons (Fsp3) is 0.800. The zero-order valence-electron chi connectivity index (χ0n) is 12.5. The number of thiazole rings is 1.